The van der Waals surface area contributed by atoms with Crippen LogP contribution in [-0.4, -0.2) is 87.3 Å². The molecule has 1 aromatic carbocycles. The van der Waals surface area contributed by atoms with E-state index in [1.165, 1.54) is 0 Å². The molecule has 216 valence electrons. The van der Waals surface area contributed by atoms with Crippen molar-refractivity contribution >= 4 is 11.8 Å². The first kappa shape index (κ1) is 29.6. The molecule has 2 aliphatic heterocycles. The first-order valence-electron chi connectivity index (χ1n) is 14.6. The van der Waals surface area contributed by atoms with Crippen molar-refractivity contribution in [2.45, 2.75) is 65.0 Å². The minimum absolute atomic E-state index is 0.0153. The maximum Gasteiger partial charge on any atom is 0.254 e. The monoisotopic (exact) mass is 541 g/mol. The molecule has 1 aromatic rings. The van der Waals surface area contributed by atoms with E-state index in [1.807, 2.05) is 35.0 Å². The SMILES string of the molecule is CCc1ccc(C(=O)N(C[C@@H]2CNCC23CC3N(C)C(=O)CC2CCOCC2)C(C)C)cc1O/C=C/COC. The number of carbonyl (C=O) groups is 2. The van der Waals surface area contributed by atoms with Crippen molar-refractivity contribution in [3.05, 3.63) is 41.7 Å². The lowest BCUT2D eigenvalue weighted by atomic mass is 9.90. The fourth-order valence-corrected chi connectivity index (χ4v) is 6.32. The third-order valence-corrected chi connectivity index (χ3v) is 8.95. The van der Waals surface area contributed by atoms with E-state index in [2.05, 4.69) is 26.1 Å². The molecule has 4 rings (SSSR count). The molecule has 2 amide bonds. The van der Waals surface area contributed by atoms with Gasteiger partial charge in [0, 0.05) is 76.5 Å². The molecule has 1 aliphatic carbocycles. The second-order valence-corrected chi connectivity index (χ2v) is 11.7. The molecule has 2 heterocycles. The molecule has 39 heavy (non-hydrogen) atoms. The summed E-state index contributed by atoms with van der Waals surface area (Å²) in [5.41, 5.74) is 1.73. The number of hydrogen-bond acceptors (Lipinski definition) is 6. The lowest BCUT2D eigenvalue weighted by Crippen LogP contribution is -2.44. The topological polar surface area (TPSA) is 80.3 Å². The maximum absolute atomic E-state index is 13.8. The molecule has 0 radical (unpaired) electrons. The van der Waals surface area contributed by atoms with Gasteiger partial charge in [-0.15, -0.1) is 0 Å². The molecule has 8 heteroatoms. The summed E-state index contributed by atoms with van der Waals surface area (Å²) in [7, 11) is 3.61. The molecule has 1 N–H and O–H groups in total. The summed E-state index contributed by atoms with van der Waals surface area (Å²) in [6.45, 7) is 10.7. The van der Waals surface area contributed by atoms with Crippen LogP contribution in [0.1, 0.15) is 62.4 Å². The van der Waals surface area contributed by atoms with Gasteiger partial charge in [0.25, 0.3) is 5.91 Å². The van der Waals surface area contributed by atoms with Crippen LogP contribution >= 0.6 is 0 Å². The molecule has 0 bridgehead atoms. The minimum atomic E-state index is 0.0153. The smallest absolute Gasteiger partial charge is 0.254 e. The van der Waals surface area contributed by atoms with E-state index < -0.39 is 0 Å². The number of ether oxygens (including phenoxy) is 3. The summed E-state index contributed by atoms with van der Waals surface area (Å²) in [4.78, 5) is 30.9. The Kier molecular flexibility index (Phi) is 10.1. The van der Waals surface area contributed by atoms with Crippen molar-refractivity contribution in [1.29, 1.82) is 0 Å². The molecule has 3 fully saturated rings. The Morgan fingerprint density at radius 3 is 2.72 bits per heavy atom. The first-order valence-corrected chi connectivity index (χ1v) is 14.6. The van der Waals surface area contributed by atoms with Gasteiger partial charge in [-0.1, -0.05) is 13.0 Å². The highest BCUT2D eigenvalue weighted by Crippen LogP contribution is 2.57. The van der Waals surface area contributed by atoms with Crippen molar-refractivity contribution in [3.8, 4) is 5.75 Å². The summed E-state index contributed by atoms with van der Waals surface area (Å²) >= 11 is 0. The van der Waals surface area contributed by atoms with Crippen LogP contribution in [0.25, 0.3) is 0 Å². The molecule has 3 atom stereocenters. The van der Waals surface area contributed by atoms with Crippen molar-refractivity contribution in [2.75, 3.05) is 53.6 Å². The molecule has 2 saturated heterocycles. The van der Waals surface area contributed by atoms with Gasteiger partial charge in [-0.3, -0.25) is 9.59 Å². The van der Waals surface area contributed by atoms with Crippen molar-refractivity contribution in [3.63, 3.8) is 0 Å². The van der Waals surface area contributed by atoms with Crippen molar-refractivity contribution in [1.82, 2.24) is 15.1 Å². The van der Waals surface area contributed by atoms with Gasteiger partial charge >= 0.3 is 0 Å². The number of amides is 2. The molecule has 2 unspecified atom stereocenters. The molecule has 0 aromatic heterocycles. The number of nitrogens with one attached hydrogen (secondary N) is 1. The van der Waals surface area contributed by atoms with E-state index >= 15 is 0 Å². The van der Waals surface area contributed by atoms with E-state index in [-0.39, 0.29) is 29.3 Å². The highest BCUT2D eigenvalue weighted by Gasteiger charge is 2.63. The third-order valence-electron chi connectivity index (χ3n) is 8.95. The summed E-state index contributed by atoms with van der Waals surface area (Å²) in [6, 6.07) is 6.04. The number of carbonyl (C=O) groups excluding carboxylic acids is 2. The highest BCUT2D eigenvalue weighted by atomic mass is 16.5. The Balaban J connectivity index is 1.43. The van der Waals surface area contributed by atoms with Crippen LogP contribution in [0, 0.1) is 17.3 Å². The Labute approximate surface area is 234 Å². The number of aryl methyl sites for hydroxylation is 1. The predicted octanol–water partition coefficient (Wildman–Crippen LogP) is 3.89. The Morgan fingerprint density at radius 2 is 2.03 bits per heavy atom. The second kappa shape index (κ2) is 13.3. The first-order chi connectivity index (χ1) is 18.8. The van der Waals surface area contributed by atoms with Crippen LogP contribution < -0.4 is 10.1 Å². The molecular weight excluding hydrogens is 494 g/mol. The average Bonchev–Trinajstić information content (AvgIpc) is 3.53. The standard InChI is InChI=1S/C31H47N3O5/c1-6-24-8-9-25(17-27(24)39-13-7-12-37-5)30(36)34(22(2)3)20-26-19-32-21-31(26)18-28(31)33(4)29(35)16-23-10-14-38-15-11-23/h7-9,13,17,22-23,26,28,32H,6,10-12,14-16,18-21H2,1-5H3/b13-7+/t26-,28?,31?/m0/s1. The van der Waals surface area contributed by atoms with Gasteiger partial charge < -0.3 is 29.3 Å². The predicted molar refractivity (Wildman–Crippen MR) is 152 cm³/mol. The zero-order valence-electron chi connectivity index (χ0n) is 24.4. The van der Waals surface area contributed by atoms with Crippen LogP contribution in [-0.2, 0) is 20.7 Å². The number of methoxy groups -OCH3 is 1. The van der Waals surface area contributed by atoms with Crippen LogP contribution in [0.3, 0.4) is 0 Å². The molecule has 3 aliphatic rings. The van der Waals surface area contributed by atoms with Crippen molar-refractivity contribution < 1.29 is 23.8 Å². The Hall–Kier alpha value is -2.42. The fraction of sp³-hybridized carbons (Fsp3) is 0.677. The van der Waals surface area contributed by atoms with E-state index in [1.54, 1.807) is 19.4 Å². The van der Waals surface area contributed by atoms with Crippen LogP contribution in [0.5, 0.6) is 5.75 Å². The average molecular weight is 542 g/mol. The zero-order chi connectivity index (χ0) is 28.0. The summed E-state index contributed by atoms with van der Waals surface area (Å²) in [5.74, 6) is 1.69. The number of benzene rings is 1. The van der Waals surface area contributed by atoms with E-state index in [0.717, 1.165) is 57.6 Å². The lowest BCUT2D eigenvalue weighted by molar-refractivity contribution is -0.132. The molecular formula is C31H47N3O5. The zero-order valence-corrected chi connectivity index (χ0v) is 24.4. The van der Waals surface area contributed by atoms with Gasteiger partial charge in [-0.2, -0.15) is 0 Å². The second-order valence-electron chi connectivity index (χ2n) is 11.7. The minimum Gasteiger partial charge on any atom is -0.465 e. The number of rotatable bonds is 12. The molecule has 8 nitrogen and oxygen atoms in total. The summed E-state index contributed by atoms with van der Waals surface area (Å²) in [5, 5.41) is 3.58. The maximum atomic E-state index is 13.8. The number of hydrogen-bond donors (Lipinski definition) is 1. The van der Waals surface area contributed by atoms with E-state index in [4.69, 9.17) is 14.2 Å². The van der Waals surface area contributed by atoms with Gasteiger partial charge in [0.15, 0.2) is 0 Å². The van der Waals surface area contributed by atoms with Crippen LogP contribution in [0.2, 0.25) is 0 Å². The largest absolute Gasteiger partial charge is 0.465 e. The van der Waals surface area contributed by atoms with Crippen LogP contribution in [0.15, 0.2) is 30.5 Å². The van der Waals surface area contributed by atoms with Gasteiger partial charge in [0.05, 0.1) is 12.9 Å². The summed E-state index contributed by atoms with van der Waals surface area (Å²) < 4.78 is 16.4. The van der Waals surface area contributed by atoms with E-state index in [9.17, 15) is 9.59 Å². The third kappa shape index (κ3) is 6.84. The van der Waals surface area contributed by atoms with Crippen LogP contribution in [0.4, 0.5) is 0 Å². The Morgan fingerprint density at radius 1 is 1.26 bits per heavy atom. The fourth-order valence-electron chi connectivity index (χ4n) is 6.32. The highest BCUT2D eigenvalue weighted by molar-refractivity contribution is 5.95. The summed E-state index contributed by atoms with van der Waals surface area (Å²) in [6.07, 6.45) is 7.79. The van der Waals surface area contributed by atoms with Gasteiger partial charge in [0.1, 0.15) is 5.75 Å². The van der Waals surface area contributed by atoms with E-state index in [0.29, 0.717) is 42.7 Å². The molecule has 1 spiro atoms. The number of nitrogens with zero attached hydrogens (tertiary/aromatic N) is 2. The van der Waals surface area contributed by atoms with Gasteiger partial charge in [-0.05, 0) is 75.1 Å². The van der Waals surface area contributed by atoms with Gasteiger partial charge in [-0.25, -0.2) is 0 Å². The molecule has 1 saturated carbocycles. The van der Waals surface area contributed by atoms with Crippen molar-refractivity contribution in [2.24, 2.45) is 17.3 Å². The quantitative estimate of drug-likeness (QED) is 0.405. The van der Waals surface area contributed by atoms with Gasteiger partial charge in [0.2, 0.25) is 5.91 Å². The lowest BCUT2D eigenvalue weighted by Gasteiger charge is -2.33. The Bertz CT molecular complexity index is 1020. The normalized spacial score (nSPS) is 25.0.